The summed E-state index contributed by atoms with van der Waals surface area (Å²) in [6, 6.07) is -3.30. The molecule has 0 aliphatic carbocycles. The average Bonchev–Trinajstić information content (AvgIpc) is 3.34. The van der Waals surface area contributed by atoms with Crippen LogP contribution in [0, 0.1) is 0 Å². The van der Waals surface area contributed by atoms with Crippen LogP contribution in [0.5, 0.6) is 0 Å². The van der Waals surface area contributed by atoms with Crippen molar-refractivity contribution in [3.8, 4) is 0 Å². The van der Waals surface area contributed by atoms with Gasteiger partial charge in [-0.1, -0.05) is 0 Å². The Bertz CT molecular complexity index is 1730. The molecule has 418 valence electrons. The number of aliphatic hydroxyl groups excluding tert-OH is 17. The fraction of sp³-hybridized carbons (Fsp3) is 0.950. The average molecular weight is 1060 g/mol. The number of ether oxygens (including phenoxy) is 11. The highest BCUT2D eigenvalue weighted by atomic mass is 16.8. The zero-order valence-electron chi connectivity index (χ0n) is 38.8. The van der Waals surface area contributed by atoms with E-state index in [1.54, 1.807) is 0 Å². The van der Waals surface area contributed by atoms with Gasteiger partial charge in [0.1, 0.15) is 140 Å². The van der Waals surface area contributed by atoms with Crippen molar-refractivity contribution in [2.75, 3.05) is 33.0 Å². The third kappa shape index (κ3) is 12.6. The first kappa shape index (κ1) is 59.1. The zero-order chi connectivity index (χ0) is 53.2. The number of aliphatic hydroxyl groups is 17. The van der Waals surface area contributed by atoms with Crippen molar-refractivity contribution in [2.24, 2.45) is 0 Å². The number of rotatable bonds is 17. The van der Waals surface area contributed by atoms with Crippen molar-refractivity contribution in [1.29, 1.82) is 0 Å². The Morgan fingerprint density at radius 1 is 0.389 bits per heavy atom. The van der Waals surface area contributed by atoms with E-state index in [1.807, 2.05) is 0 Å². The van der Waals surface area contributed by atoms with Gasteiger partial charge in [-0.25, -0.2) is 0 Å². The Balaban J connectivity index is 1.15. The lowest BCUT2D eigenvalue weighted by molar-refractivity contribution is -0.377. The minimum atomic E-state index is -2.11. The SMILES string of the molecule is CC(=O)N[C@@H]1[C@@H](O[C@@H]2O[C@H](CO)[C@H](O)[C@H](O[C@@H]3O[C@@H](C)[C@@H](O)[C@@H](O)[C@@H]3O)[C@H]2O)[C@@H](O)[C@@H](CO[C@@H]2O[C@H](CO)[C@@H](O[C@@H]3O[C@H](CO)[C@H](O[C@@H]4O[C@H](CO)[C@H](O)[C@H](O)[C@H]4O)[C@H](O)[C@H]3O)[C@H](O)[C@H]2NC(C)=O)O[C@@H]1O. The molecule has 72 heavy (non-hydrogen) atoms. The molecule has 0 bridgehead atoms. The quantitative estimate of drug-likeness (QED) is 0.0643. The molecule has 32 nitrogen and oxygen atoms in total. The summed E-state index contributed by atoms with van der Waals surface area (Å²) >= 11 is 0. The lowest BCUT2D eigenvalue weighted by Gasteiger charge is -2.49. The summed E-state index contributed by atoms with van der Waals surface area (Å²) in [7, 11) is 0. The van der Waals surface area contributed by atoms with Crippen LogP contribution in [-0.2, 0) is 61.7 Å². The number of amides is 2. The molecule has 0 aromatic heterocycles. The van der Waals surface area contributed by atoms with Crippen LogP contribution in [0.1, 0.15) is 20.8 Å². The molecule has 30 atom stereocenters. The Labute approximate surface area is 408 Å². The molecular formula is C40H68N2O30. The van der Waals surface area contributed by atoms with Crippen molar-refractivity contribution in [1.82, 2.24) is 10.6 Å². The molecule has 6 heterocycles. The van der Waals surface area contributed by atoms with E-state index in [0.717, 1.165) is 13.8 Å². The van der Waals surface area contributed by atoms with E-state index in [4.69, 9.17) is 52.1 Å². The lowest BCUT2D eigenvalue weighted by Crippen LogP contribution is -2.69. The van der Waals surface area contributed by atoms with Crippen LogP contribution < -0.4 is 10.6 Å². The highest BCUT2D eigenvalue weighted by Gasteiger charge is 2.57. The second kappa shape index (κ2) is 25.3. The molecule has 0 saturated carbocycles. The standard InChI is InChI=1S/C40H68N2O30/c1-9-19(49)24(54)27(57)37(63-9)72-34-21(51)13(5-44)66-40(30(34)60)71-33-18(42-11(3)48)35(61)64-16(22(33)52)8-62-36-17(41-10(2)47)23(53)31(14(6-45)67-36)69-39-29(59)26(56)32(15(7-46)68-39)70-38-28(58)25(55)20(50)12(4-43)65-38/h9,12-40,43-46,49-61H,4-8H2,1-3H3,(H,41,47)(H,42,48)/t9-,12+,13+,14+,15+,16+,17+,18+,19+,20-,21-,22-,23+,24+,25-,26+,27-,28+,29+,30+,31+,32-,33+,34-,35-,36+,37-,38-,39-,40-/m0/s1. The summed E-state index contributed by atoms with van der Waals surface area (Å²) in [4.78, 5) is 24.8. The van der Waals surface area contributed by atoms with Crippen molar-refractivity contribution in [2.45, 2.75) is 205 Å². The summed E-state index contributed by atoms with van der Waals surface area (Å²) in [5.74, 6) is -1.58. The normalized spacial score (nSPS) is 50.3. The number of nitrogens with one attached hydrogen (secondary N) is 2. The van der Waals surface area contributed by atoms with Gasteiger partial charge in [0.2, 0.25) is 11.8 Å². The monoisotopic (exact) mass is 1060 g/mol. The molecule has 0 unspecified atom stereocenters. The van der Waals surface area contributed by atoms with E-state index in [0.29, 0.717) is 0 Å². The Morgan fingerprint density at radius 3 is 1.33 bits per heavy atom. The van der Waals surface area contributed by atoms with Gasteiger partial charge in [0.25, 0.3) is 0 Å². The van der Waals surface area contributed by atoms with Crippen molar-refractivity contribution < 1.29 is 149 Å². The van der Waals surface area contributed by atoms with Gasteiger partial charge in [0, 0.05) is 13.8 Å². The molecule has 2 amide bonds. The summed E-state index contributed by atoms with van der Waals surface area (Å²) in [5, 5.41) is 186. The smallest absolute Gasteiger partial charge is 0.217 e. The maximum atomic E-state index is 12.5. The van der Waals surface area contributed by atoms with Gasteiger partial charge in [-0.05, 0) is 6.92 Å². The maximum absolute atomic E-state index is 12.5. The molecule has 19 N–H and O–H groups in total. The second-order valence-electron chi connectivity index (χ2n) is 18.3. The Kier molecular flexibility index (Phi) is 20.8. The molecule has 6 aliphatic heterocycles. The number of hydrogen-bond acceptors (Lipinski definition) is 30. The van der Waals surface area contributed by atoms with Gasteiger partial charge in [-0.3, -0.25) is 9.59 Å². The third-order valence-corrected chi connectivity index (χ3v) is 13.2. The van der Waals surface area contributed by atoms with Crippen LogP contribution in [0.15, 0.2) is 0 Å². The molecule has 0 spiro atoms. The molecule has 6 aliphatic rings. The molecule has 6 saturated heterocycles. The number of carbonyl (C=O) groups is 2. The van der Waals surface area contributed by atoms with E-state index < -0.39 is 229 Å². The number of carbonyl (C=O) groups excluding carboxylic acids is 2. The van der Waals surface area contributed by atoms with Crippen LogP contribution in [0.2, 0.25) is 0 Å². The van der Waals surface area contributed by atoms with Gasteiger partial charge in [-0.15, -0.1) is 0 Å². The zero-order valence-corrected chi connectivity index (χ0v) is 38.8. The fourth-order valence-corrected chi connectivity index (χ4v) is 9.16. The Morgan fingerprint density at radius 2 is 0.792 bits per heavy atom. The highest BCUT2D eigenvalue weighted by Crippen LogP contribution is 2.36. The molecule has 6 fully saturated rings. The molecule has 0 aromatic rings. The summed E-state index contributed by atoms with van der Waals surface area (Å²) in [6.07, 6.45) is -50.6. The molecule has 0 aromatic carbocycles. The van der Waals surface area contributed by atoms with Crippen LogP contribution in [0.25, 0.3) is 0 Å². The van der Waals surface area contributed by atoms with E-state index >= 15 is 0 Å². The van der Waals surface area contributed by atoms with E-state index in [9.17, 15) is 96.4 Å². The van der Waals surface area contributed by atoms with Crippen molar-refractivity contribution in [3.05, 3.63) is 0 Å². The molecule has 6 rings (SSSR count). The first-order valence-corrected chi connectivity index (χ1v) is 23.0. The van der Waals surface area contributed by atoms with Crippen molar-refractivity contribution >= 4 is 11.8 Å². The molecule has 0 radical (unpaired) electrons. The third-order valence-electron chi connectivity index (χ3n) is 13.2. The summed E-state index contributed by atoms with van der Waals surface area (Å²) in [6.45, 7) is -1.12. The summed E-state index contributed by atoms with van der Waals surface area (Å²) in [5.41, 5.74) is 0. The van der Waals surface area contributed by atoms with Crippen molar-refractivity contribution in [3.63, 3.8) is 0 Å². The lowest BCUT2D eigenvalue weighted by atomic mass is 9.94. The van der Waals surface area contributed by atoms with E-state index in [1.165, 1.54) is 6.92 Å². The Hall–Kier alpha value is -2.18. The fourth-order valence-electron chi connectivity index (χ4n) is 9.16. The number of hydrogen-bond donors (Lipinski definition) is 19. The van der Waals surface area contributed by atoms with Gasteiger partial charge in [0.15, 0.2) is 37.7 Å². The van der Waals surface area contributed by atoms with Gasteiger partial charge in [0.05, 0.1) is 39.1 Å². The van der Waals surface area contributed by atoms with Crippen LogP contribution >= 0.6 is 0 Å². The second-order valence-corrected chi connectivity index (χ2v) is 18.3. The molecular weight excluding hydrogens is 988 g/mol. The van der Waals surface area contributed by atoms with Crippen LogP contribution in [0.4, 0.5) is 0 Å². The van der Waals surface area contributed by atoms with Crippen LogP contribution in [-0.4, -0.2) is 316 Å². The van der Waals surface area contributed by atoms with E-state index in [2.05, 4.69) is 10.6 Å². The predicted octanol–water partition coefficient (Wildman–Crippen LogP) is -12.8. The van der Waals surface area contributed by atoms with E-state index in [-0.39, 0.29) is 0 Å². The molecule has 32 heteroatoms. The topological polar surface area (TPSA) is 504 Å². The predicted molar refractivity (Wildman–Crippen MR) is 221 cm³/mol. The van der Waals surface area contributed by atoms with Gasteiger partial charge in [-0.2, -0.15) is 0 Å². The van der Waals surface area contributed by atoms with Crippen LogP contribution in [0.3, 0.4) is 0 Å². The summed E-state index contributed by atoms with van der Waals surface area (Å²) < 4.78 is 62.2. The first-order chi connectivity index (χ1) is 34.0. The van der Waals surface area contributed by atoms with Gasteiger partial charge >= 0.3 is 0 Å². The maximum Gasteiger partial charge on any atom is 0.217 e. The van der Waals surface area contributed by atoms with Gasteiger partial charge < -0.3 is 150 Å². The first-order valence-electron chi connectivity index (χ1n) is 23.0. The minimum Gasteiger partial charge on any atom is -0.394 e. The minimum absolute atomic E-state index is 0.783. The highest BCUT2D eigenvalue weighted by molar-refractivity contribution is 5.73. The largest absolute Gasteiger partial charge is 0.394 e.